The summed E-state index contributed by atoms with van der Waals surface area (Å²) in [5.41, 5.74) is 1.89. The standard InChI is InChI=1S/C15H15ClN2O/c1-11(13-5-3-7-17-10-13)18-15(19)9-12-4-2-6-14(16)8-12/h2-8,10-11H,9H2,1H3,(H,18,19). The van der Waals surface area contributed by atoms with Crippen LogP contribution in [-0.4, -0.2) is 10.9 Å². The van der Waals surface area contributed by atoms with Crippen LogP contribution in [0.1, 0.15) is 24.1 Å². The molecular formula is C15H15ClN2O. The van der Waals surface area contributed by atoms with E-state index in [0.29, 0.717) is 11.4 Å². The molecule has 19 heavy (non-hydrogen) atoms. The Morgan fingerprint density at radius 2 is 2.21 bits per heavy atom. The van der Waals surface area contributed by atoms with Gasteiger partial charge >= 0.3 is 0 Å². The van der Waals surface area contributed by atoms with Crippen molar-refractivity contribution in [3.05, 3.63) is 64.9 Å². The fourth-order valence-corrected chi connectivity index (χ4v) is 2.05. The maximum atomic E-state index is 11.9. The predicted molar refractivity (Wildman–Crippen MR) is 76.0 cm³/mol. The second-order valence-electron chi connectivity index (χ2n) is 4.38. The smallest absolute Gasteiger partial charge is 0.224 e. The van der Waals surface area contributed by atoms with E-state index in [1.54, 1.807) is 24.5 Å². The van der Waals surface area contributed by atoms with Gasteiger partial charge in [-0.05, 0) is 36.2 Å². The molecule has 1 unspecified atom stereocenters. The summed E-state index contributed by atoms with van der Waals surface area (Å²) in [6, 6.07) is 11.1. The third-order valence-electron chi connectivity index (χ3n) is 2.82. The average Bonchev–Trinajstić information content (AvgIpc) is 2.39. The van der Waals surface area contributed by atoms with Crippen LogP contribution < -0.4 is 5.32 Å². The largest absolute Gasteiger partial charge is 0.349 e. The molecule has 4 heteroatoms. The molecule has 0 aliphatic rings. The van der Waals surface area contributed by atoms with Gasteiger partial charge in [0.1, 0.15) is 0 Å². The molecule has 1 atom stereocenters. The lowest BCUT2D eigenvalue weighted by molar-refractivity contribution is -0.121. The first-order valence-corrected chi connectivity index (χ1v) is 6.46. The van der Waals surface area contributed by atoms with Crippen molar-refractivity contribution in [3.63, 3.8) is 0 Å². The molecule has 0 fully saturated rings. The molecule has 98 valence electrons. The van der Waals surface area contributed by atoms with Gasteiger partial charge in [0.15, 0.2) is 0 Å². The minimum absolute atomic E-state index is 0.0291. The van der Waals surface area contributed by atoms with E-state index in [1.165, 1.54) is 0 Å². The number of nitrogens with one attached hydrogen (secondary N) is 1. The summed E-state index contributed by atoms with van der Waals surface area (Å²) in [5.74, 6) is -0.0291. The van der Waals surface area contributed by atoms with Crippen molar-refractivity contribution in [2.24, 2.45) is 0 Å². The maximum Gasteiger partial charge on any atom is 0.224 e. The molecule has 3 nitrogen and oxygen atoms in total. The number of amides is 1. The van der Waals surface area contributed by atoms with E-state index in [2.05, 4.69) is 10.3 Å². The van der Waals surface area contributed by atoms with Crippen molar-refractivity contribution >= 4 is 17.5 Å². The fourth-order valence-electron chi connectivity index (χ4n) is 1.84. The summed E-state index contributed by atoms with van der Waals surface area (Å²) in [6.07, 6.45) is 3.79. The predicted octanol–water partition coefficient (Wildman–Crippen LogP) is 3.15. The van der Waals surface area contributed by atoms with E-state index in [0.717, 1.165) is 11.1 Å². The molecule has 1 aromatic heterocycles. The van der Waals surface area contributed by atoms with Gasteiger partial charge in [0.25, 0.3) is 0 Å². The quantitative estimate of drug-likeness (QED) is 0.931. The van der Waals surface area contributed by atoms with Crippen molar-refractivity contribution in [2.75, 3.05) is 0 Å². The molecule has 0 saturated carbocycles. The van der Waals surface area contributed by atoms with Crippen molar-refractivity contribution in [2.45, 2.75) is 19.4 Å². The van der Waals surface area contributed by atoms with Gasteiger partial charge in [0, 0.05) is 17.4 Å². The fraction of sp³-hybridized carbons (Fsp3) is 0.200. The van der Waals surface area contributed by atoms with Gasteiger partial charge in [-0.15, -0.1) is 0 Å². The monoisotopic (exact) mass is 274 g/mol. The van der Waals surface area contributed by atoms with E-state index >= 15 is 0 Å². The Morgan fingerprint density at radius 1 is 1.37 bits per heavy atom. The highest BCUT2D eigenvalue weighted by Crippen LogP contribution is 2.13. The zero-order chi connectivity index (χ0) is 13.7. The second-order valence-corrected chi connectivity index (χ2v) is 4.82. The molecule has 1 heterocycles. The minimum atomic E-state index is -0.0552. The number of hydrogen-bond acceptors (Lipinski definition) is 2. The topological polar surface area (TPSA) is 42.0 Å². The molecule has 0 radical (unpaired) electrons. The molecule has 0 aliphatic carbocycles. The van der Waals surface area contributed by atoms with E-state index in [4.69, 9.17) is 11.6 Å². The minimum Gasteiger partial charge on any atom is -0.349 e. The van der Waals surface area contributed by atoms with Crippen LogP contribution in [0.2, 0.25) is 5.02 Å². The molecule has 1 amide bonds. The Labute approximate surface area is 117 Å². The van der Waals surface area contributed by atoms with Gasteiger partial charge in [0.2, 0.25) is 5.91 Å². The van der Waals surface area contributed by atoms with Crippen LogP contribution in [-0.2, 0) is 11.2 Å². The van der Waals surface area contributed by atoms with Crippen LogP contribution in [0.25, 0.3) is 0 Å². The normalized spacial score (nSPS) is 11.9. The summed E-state index contributed by atoms with van der Waals surface area (Å²) in [5, 5.41) is 3.59. The molecule has 2 rings (SSSR count). The lowest BCUT2D eigenvalue weighted by Crippen LogP contribution is -2.28. The number of aromatic nitrogens is 1. The first-order chi connectivity index (χ1) is 9.15. The molecular weight excluding hydrogens is 260 g/mol. The van der Waals surface area contributed by atoms with Gasteiger partial charge in [0.05, 0.1) is 12.5 Å². The summed E-state index contributed by atoms with van der Waals surface area (Å²) in [7, 11) is 0. The number of rotatable bonds is 4. The van der Waals surface area contributed by atoms with Gasteiger partial charge < -0.3 is 5.32 Å². The van der Waals surface area contributed by atoms with Crippen LogP contribution >= 0.6 is 11.6 Å². The van der Waals surface area contributed by atoms with Crippen molar-refractivity contribution in [3.8, 4) is 0 Å². The zero-order valence-electron chi connectivity index (χ0n) is 10.6. The van der Waals surface area contributed by atoms with Crippen molar-refractivity contribution in [1.82, 2.24) is 10.3 Å². The average molecular weight is 275 g/mol. The van der Waals surface area contributed by atoms with Gasteiger partial charge in [-0.2, -0.15) is 0 Å². The van der Waals surface area contributed by atoms with Crippen LogP contribution in [0.5, 0.6) is 0 Å². The van der Waals surface area contributed by atoms with Gasteiger partial charge in [-0.3, -0.25) is 9.78 Å². The Bertz CT molecular complexity index is 557. The summed E-state index contributed by atoms with van der Waals surface area (Å²) in [6.45, 7) is 1.94. The number of carbonyl (C=O) groups is 1. The number of hydrogen-bond donors (Lipinski definition) is 1. The third kappa shape index (κ3) is 4.07. The highest BCUT2D eigenvalue weighted by atomic mass is 35.5. The molecule has 0 spiro atoms. The summed E-state index contributed by atoms with van der Waals surface area (Å²) in [4.78, 5) is 16.0. The Kier molecular flexibility index (Phi) is 4.53. The number of pyridine rings is 1. The van der Waals surface area contributed by atoms with Gasteiger partial charge in [-0.1, -0.05) is 29.8 Å². The number of carbonyl (C=O) groups excluding carboxylic acids is 1. The van der Waals surface area contributed by atoms with Crippen LogP contribution in [0, 0.1) is 0 Å². The van der Waals surface area contributed by atoms with Crippen LogP contribution in [0.15, 0.2) is 48.8 Å². The Hall–Kier alpha value is -1.87. The summed E-state index contributed by atoms with van der Waals surface area (Å²) >= 11 is 5.89. The highest BCUT2D eigenvalue weighted by Gasteiger charge is 2.10. The lowest BCUT2D eigenvalue weighted by atomic mass is 10.1. The highest BCUT2D eigenvalue weighted by molar-refractivity contribution is 6.30. The third-order valence-corrected chi connectivity index (χ3v) is 3.05. The first-order valence-electron chi connectivity index (χ1n) is 6.09. The molecule has 1 aromatic carbocycles. The van der Waals surface area contributed by atoms with Crippen molar-refractivity contribution < 1.29 is 4.79 Å². The SMILES string of the molecule is CC(NC(=O)Cc1cccc(Cl)c1)c1cccnc1. The number of benzene rings is 1. The van der Waals surface area contributed by atoms with Gasteiger partial charge in [-0.25, -0.2) is 0 Å². The van der Waals surface area contributed by atoms with E-state index in [9.17, 15) is 4.79 Å². The molecule has 2 aromatic rings. The second kappa shape index (κ2) is 6.34. The first kappa shape index (κ1) is 13.6. The Morgan fingerprint density at radius 3 is 2.89 bits per heavy atom. The molecule has 0 saturated heterocycles. The lowest BCUT2D eigenvalue weighted by Gasteiger charge is -2.13. The van der Waals surface area contributed by atoms with E-state index in [-0.39, 0.29) is 11.9 Å². The molecule has 1 N–H and O–H groups in total. The maximum absolute atomic E-state index is 11.9. The summed E-state index contributed by atoms with van der Waals surface area (Å²) < 4.78 is 0. The van der Waals surface area contributed by atoms with E-state index < -0.39 is 0 Å². The molecule has 0 bridgehead atoms. The van der Waals surface area contributed by atoms with E-state index in [1.807, 2.05) is 31.2 Å². The van der Waals surface area contributed by atoms with Crippen LogP contribution in [0.4, 0.5) is 0 Å². The number of halogens is 1. The van der Waals surface area contributed by atoms with Crippen LogP contribution in [0.3, 0.4) is 0 Å². The molecule has 0 aliphatic heterocycles. The zero-order valence-corrected chi connectivity index (χ0v) is 11.4. The number of nitrogens with zero attached hydrogens (tertiary/aromatic N) is 1. The Balaban J connectivity index is 1.95. The van der Waals surface area contributed by atoms with Crippen molar-refractivity contribution in [1.29, 1.82) is 0 Å².